The number of aromatic nitrogens is 2. The number of ether oxygens (including phenoxy) is 1. The lowest BCUT2D eigenvalue weighted by Crippen LogP contribution is -2.32. The number of hydrogen-bond acceptors (Lipinski definition) is 4. The number of rotatable bonds is 2. The summed E-state index contributed by atoms with van der Waals surface area (Å²) in [7, 11) is 0. The van der Waals surface area contributed by atoms with Crippen LogP contribution >= 0.6 is 0 Å². The van der Waals surface area contributed by atoms with Crippen LogP contribution in [0.2, 0.25) is 0 Å². The van der Waals surface area contributed by atoms with Crippen LogP contribution in [0.3, 0.4) is 0 Å². The zero-order valence-electron chi connectivity index (χ0n) is 11.6. The molecular weight excluding hydrogens is 261 g/mol. The Morgan fingerprint density at radius 1 is 1.30 bits per heavy atom. The first kappa shape index (κ1) is 14.2. The molecule has 2 rings (SSSR count). The predicted octanol–water partition coefficient (Wildman–Crippen LogP) is 2.79. The van der Waals surface area contributed by atoms with Crippen LogP contribution in [-0.2, 0) is 11.3 Å². The summed E-state index contributed by atoms with van der Waals surface area (Å²) in [4.78, 5) is 19.8. The number of nitrogens with zero attached hydrogens (tertiary/aromatic N) is 2. The maximum absolute atomic E-state index is 13.8. The minimum Gasteiger partial charge on any atom is -0.444 e. The van der Waals surface area contributed by atoms with Crippen LogP contribution in [0, 0.1) is 5.82 Å². The number of alkyl carbamates (subject to hydrolysis) is 1. The first-order chi connectivity index (χ1) is 9.37. The first-order valence-electron chi connectivity index (χ1n) is 6.22. The van der Waals surface area contributed by atoms with Crippen LogP contribution in [0.5, 0.6) is 0 Å². The fourth-order valence-corrected chi connectivity index (χ4v) is 1.71. The minimum atomic E-state index is -0.599. The van der Waals surface area contributed by atoms with Gasteiger partial charge in [-0.05, 0) is 32.9 Å². The molecular formula is C14H16FN3O2. The maximum Gasteiger partial charge on any atom is 0.407 e. The highest BCUT2D eigenvalue weighted by atomic mass is 19.1. The lowest BCUT2D eigenvalue weighted by atomic mass is 10.1. The standard InChI is InChI=1S/C14H16FN3O2/c1-14(2,3)20-13(19)18-8-9-10(15)4-5-11-12(9)17-7-6-16-11/h4-7H,8H2,1-3H3,(H,18,19). The molecule has 106 valence electrons. The van der Waals surface area contributed by atoms with E-state index in [0.29, 0.717) is 16.6 Å². The molecule has 0 saturated carbocycles. The van der Waals surface area contributed by atoms with Crippen LogP contribution in [0.1, 0.15) is 26.3 Å². The van der Waals surface area contributed by atoms with Gasteiger partial charge in [0.25, 0.3) is 0 Å². The second kappa shape index (κ2) is 5.40. The van der Waals surface area contributed by atoms with Crippen molar-refractivity contribution in [2.75, 3.05) is 0 Å². The molecule has 2 aromatic rings. The average Bonchev–Trinajstić information content (AvgIpc) is 2.35. The summed E-state index contributed by atoms with van der Waals surface area (Å²) in [5.41, 5.74) is 0.709. The smallest absolute Gasteiger partial charge is 0.407 e. The molecule has 1 heterocycles. The van der Waals surface area contributed by atoms with Crippen molar-refractivity contribution >= 4 is 17.1 Å². The Hall–Kier alpha value is -2.24. The molecule has 1 N–H and O–H groups in total. The molecule has 1 aromatic heterocycles. The molecule has 0 saturated heterocycles. The van der Waals surface area contributed by atoms with Crippen molar-refractivity contribution in [2.45, 2.75) is 32.9 Å². The van der Waals surface area contributed by atoms with Gasteiger partial charge in [0.1, 0.15) is 11.4 Å². The third-order valence-electron chi connectivity index (χ3n) is 2.50. The highest BCUT2D eigenvalue weighted by Crippen LogP contribution is 2.17. The fraction of sp³-hybridized carbons (Fsp3) is 0.357. The number of amides is 1. The van der Waals surface area contributed by atoms with E-state index in [4.69, 9.17) is 4.74 Å². The van der Waals surface area contributed by atoms with E-state index < -0.39 is 17.5 Å². The average molecular weight is 277 g/mol. The number of halogens is 1. The highest BCUT2D eigenvalue weighted by molar-refractivity contribution is 5.78. The van der Waals surface area contributed by atoms with Gasteiger partial charge in [-0.1, -0.05) is 0 Å². The van der Waals surface area contributed by atoms with Gasteiger partial charge in [-0.25, -0.2) is 9.18 Å². The molecule has 0 aliphatic heterocycles. The number of benzene rings is 1. The lowest BCUT2D eigenvalue weighted by Gasteiger charge is -2.19. The van der Waals surface area contributed by atoms with Crippen molar-refractivity contribution in [3.05, 3.63) is 35.9 Å². The maximum atomic E-state index is 13.8. The zero-order chi connectivity index (χ0) is 14.8. The lowest BCUT2D eigenvalue weighted by molar-refractivity contribution is 0.0523. The normalized spacial score (nSPS) is 11.4. The van der Waals surface area contributed by atoms with Gasteiger partial charge >= 0.3 is 6.09 Å². The molecule has 0 aliphatic carbocycles. The highest BCUT2D eigenvalue weighted by Gasteiger charge is 2.17. The Kier molecular flexibility index (Phi) is 3.83. The Morgan fingerprint density at radius 2 is 2.00 bits per heavy atom. The molecule has 0 unspecified atom stereocenters. The third kappa shape index (κ3) is 3.40. The van der Waals surface area contributed by atoms with Gasteiger partial charge in [-0.2, -0.15) is 0 Å². The summed E-state index contributed by atoms with van der Waals surface area (Å²) < 4.78 is 19.0. The third-order valence-corrected chi connectivity index (χ3v) is 2.50. The molecule has 0 fully saturated rings. The van der Waals surface area contributed by atoms with E-state index in [2.05, 4.69) is 15.3 Å². The van der Waals surface area contributed by atoms with Crippen molar-refractivity contribution in [1.82, 2.24) is 15.3 Å². The SMILES string of the molecule is CC(C)(C)OC(=O)NCc1c(F)ccc2nccnc12. The number of fused-ring (bicyclic) bond motifs is 1. The van der Waals surface area contributed by atoms with E-state index in [1.165, 1.54) is 18.5 Å². The Bertz CT molecular complexity index is 638. The number of carbonyl (C=O) groups is 1. The summed E-state index contributed by atoms with van der Waals surface area (Å²) in [5, 5.41) is 2.52. The molecule has 0 spiro atoms. The van der Waals surface area contributed by atoms with Crippen LogP contribution in [-0.4, -0.2) is 21.7 Å². The molecule has 1 aromatic carbocycles. The monoisotopic (exact) mass is 277 g/mol. The Morgan fingerprint density at radius 3 is 2.70 bits per heavy atom. The molecule has 0 atom stereocenters. The van der Waals surface area contributed by atoms with Gasteiger partial charge in [0.05, 0.1) is 17.6 Å². The summed E-state index contributed by atoms with van der Waals surface area (Å²) in [6.45, 7) is 5.28. The van der Waals surface area contributed by atoms with Crippen molar-refractivity contribution in [2.24, 2.45) is 0 Å². The second-order valence-corrected chi connectivity index (χ2v) is 5.31. The van der Waals surface area contributed by atoms with Crippen molar-refractivity contribution in [3.8, 4) is 0 Å². The van der Waals surface area contributed by atoms with E-state index in [0.717, 1.165) is 0 Å². The molecule has 0 bridgehead atoms. The van der Waals surface area contributed by atoms with E-state index in [1.807, 2.05) is 0 Å². The summed E-state index contributed by atoms with van der Waals surface area (Å²) in [6, 6.07) is 2.86. The van der Waals surface area contributed by atoms with Gasteiger partial charge in [-0.15, -0.1) is 0 Å². The van der Waals surface area contributed by atoms with E-state index in [1.54, 1.807) is 26.8 Å². The Labute approximate surface area is 116 Å². The van der Waals surface area contributed by atoms with Crippen LogP contribution < -0.4 is 5.32 Å². The van der Waals surface area contributed by atoms with Crippen molar-refractivity contribution in [3.63, 3.8) is 0 Å². The van der Waals surface area contributed by atoms with Gasteiger partial charge in [0, 0.05) is 18.0 Å². The quantitative estimate of drug-likeness (QED) is 0.916. The van der Waals surface area contributed by atoms with Crippen molar-refractivity contribution < 1.29 is 13.9 Å². The molecule has 0 aliphatic rings. The van der Waals surface area contributed by atoms with E-state index in [-0.39, 0.29) is 6.54 Å². The van der Waals surface area contributed by atoms with E-state index in [9.17, 15) is 9.18 Å². The molecule has 5 nitrogen and oxygen atoms in total. The molecule has 0 radical (unpaired) electrons. The van der Waals surface area contributed by atoms with E-state index >= 15 is 0 Å². The molecule has 1 amide bonds. The number of nitrogens with one attached hydrogen (secondary N) is 1. The van der Waals surface area contributed by atoms with Gasteiger partial charge < -0.3 is 10.1 Å². The van der Waals surface area contributed by atoms with Crippen LogP contribution in [0.15, 0.2) is 24.5 Å². The van der Waals surface area contributed by atoms with Crippen molar-refractivity contribution in [1.29, 1.82) is 0 Å². The summed E-state index contributed by atoms with van der Waals surface area (Å²) >= 11 is 0. The van der Waals surface area contributed by atoms with Gasteiger partial charge in [0.2, 0.25) is 0 Å². The second-order valence-electron chi connectivity index (χ2n) is 5.31. The number of hydrogen-bond donors (Lipinski definition) is 1. The largest absolute Gasteiger partial charge is 0.444 e. The van der Waals surface area contributed by atoms with Gasteiger partial charge in [-0.3, -0.25) is 9.97 Å². The fourth-order valence-electron chi connectivity index (χ4n) is 1.71. The van der Waals surface area contributed by atoms with Crippen LogP contribution in [0.25, 0.3) is 11.0 Å². The van der Waals surface area contributed by atoms with Crippen LogP contribution in [0.4, 0.5) is 9.18 Å². The van der Waals surface area contributed by atoms with Gasteiger partial charge in [0.15, 0.2) is 0 Å². The number of carbonyl (C=O) groups excluding carboxylic acids is 1. The summed E-state index contributed by atoms with van der Waals surface area (Å²) in [6.07, 6.45) is 2.42. The first-order valence-corrected chi connectivity index (χ1v) is 6.22. The molecule has 6 heteroatoms. The zero-order valence-corrected chi connectivity index (χ0v) is 11.6. The topological polar surface area (TPSA) is 64.1 Å². The summed E-state index contributed by atoms with van der Waals surface area (Å²) in [5.74, 6) is -0.436. The Balaban J connectivity index is 2.18. The predicted molar refractivity (Wildman–Crippen MR) is 72.6 cm³/mol. The minimum absolute atomic E-state index is 0.00319. The molecule has 20 heavy (non-hydrogen) atoms.